The van der Waals surface area contributed by atoms with Crippen LogP contribution in [0.25, 0.3) is 0 Å². The van der Waals surface area contributed by atoms with E-state index < -0.39 is 19.5 Å². The van der Waals surface area contributed by atoms with Crippen molar-refractivity contribution in [2.45, 2.75) is 66.6 Å². The standard InChI is InChI=1S/C26H36Cl2O3P/c1-17(2)25(18(3)4,21-9-13-23(27)14-10-21)30-32(29)31-26(19(5)6,20(7)8)22-11-15-24(28)16-12-22/h9-20H,1-8H3/q+1. The van der Waals surface area contributed by atoms with Crippen molar-refractivity contribution in [3.63, 3.8) is 0 Å². The molecule has 0 spiro atoms. The predicted molar refractivity (Wildman–Crippen MR) is 135 cm³/mol. The lowest BCUT2D eigenvalue weighted by Crippen LogP contribution is -2.42. The molecule has 0 radical (unpaired) electrons. The SMILES string of the molecule is CC(C)C(O[P+](=O)OC(c1ccc(Cl)cc1)(C(C)C)C(C)C)(c1ccc(Cl)cc1)C(C)C. The summed E-state index contributed by atoms with van der Waals surface area (Å²) >= 11 is 12.3. The highest BCUT2D eigenvalue weighted by Gasteiger charge is 2.54. The minimum Gasteiger partial charge on any atom is -0.107 e. The fourth-order valence-electron chi connectivity index (χ4n) is 4.88. The van der Waals surface area contributed by atoms with Crippen LogP contribution in [0.4, 0.5) is 0 Å². The van der Waals surface area contributed by atoms with Crippen molar-refractivity contribution >= 4 is 31.5 Å². The topological polar surface area (TPSA) is 35.5 Å². The summed E-state index contributed by atoms with van der Waals surface area (Å²) in [6.07, 6.45) is 0. The van der Waals surface area contributed by atoms with Gasteiger partial charge in [0.1, 0.15) is 0 Å². The van der Waals surface area contributed by atoms with Gasteiger partial charge in [-0.25, -0.2) is 0 Å². The molecule has 0 heterocycles. The molecular formula is C26H36Cl2O3P+. The average Bonchev–Trinajstić information content (AvgIpc) is 2.70. The fourth-order valence-corrected chi connectivity index (χ4v) is 6.72. The molecule has 0 aliphatic heterocycles. The van der Waals surface area contributed by atoms with Crippen LogP contribution in [0.2, 0.25) is 10.0 Å². The Kier molecular flexibility index (Phi) is 9.36. The lowest BCUT2D eigenvalue weighted by Gasteiger charge is -2.38. The van der Waals surface area contributed by atoms with Gasteiger partial charge in [0, 0.05) is 14.6 Å². The summed E-state index contributed by atoms with van der Waals surface area (Å²) < 4.78 is 26.4. The molecule has 0 fully saturated rings. The Balaban J connectivity index is 2.51. The Hall–Kier alpha value is -0.960. The van der Waals surface area contributed by atoms with Crippen molar-refractivity contribution < 1.29 is 13.6 Å². The van der Waals surface area contributed by atoms with Gasteiger partial charge in [-0.05, 0) is 59.1 Å². The lowest BCUT2D eigenvalue weighted by molar-refractivity contribution is -0.0746. The molecule has 0 aliphatic rings. The monoisotopic (exact) mass is 497 g/mol. The first-order chi connectivity index (χ1) is 14.9. The molecule has 0 saturated carbocycles. The van der Waals surface area contributed by atoms with E-state index in [4.69, 9.17) is 32.2 Å². The average molecular weight is 498 g/mol. The Labute approximate surface area is 204 Å². The van der Waals surface area contributed by atoms with Crippen LogP contribution in [0.3, 0.4) is 0 Å². The second-order valence-corrected chi connectivity index (χ2v) is 11.3. The molecule has 0 aliphatic carbocycles. The van der Waals surface area contributed by atoms with Crippen LogP contribution in [0, 0.1) is 23.7 Å². The molecule has 2 rings (SSSR count). The molecule has 0 aromatic heterocycles. The highest BCUT2D eigenvalue weighted by Crippen LogP contribution is 2.53. The summed E-state index contributed by atoms with van der Waals surface area (Å²) in [6.45, 7) is 16.6. The smallest absolute Gasteiger partial charge is 0.107 e. The predicted octanol–water partition coefficient (Wildman–Crippen LogP) is 9.40. The van der Waals surface area contributed by atoms with Gasteiger partial charge in [-0.3, -0.25) is 0 Å². The van der Waals surface area contributed by atoms with E-state index in [1.54, 1.807) is 0 Å². The van der Waals surface area contributed by atoms with Crippen LogP contribution >= 0.6 is 31.5 Å². The quantitative estimate of drug-likeness (QED) is 0.306. The minimum absolute atomic E-state index is 0.0502. The number of halogens is 2. The molecule has 0 amide bonds. The maximum Gasteiger partial charge on any atom is 0.699 e. The maximum atomic E-state index is 13.6. The summed E-state index contributed by atoms with van der Waals surface area (Å²) in [5, 5.41) is 1.30. The lowest BCUT2D eigenvalue weighted by atomic mass is 9.75. The second-order valence-electron chi connectivity index (χ2n) is 9.62. The van der Waals surface area contributed by atoms with Gasteiger partial charge in [0.2, 0.25) is 0 Å². The van der Waals surface area contributed by atoms with Gasteiger partial charge in [0.25, 0.3) is 0 Å². The maximum absolute atomic E-state index is 13.6. The number of hydrogen-bond acceptors (Lipinski definition) is 3. The molecule has 32 heavy (non-hydrogen) atoms. The van der Waals surface area contributed by atoms with Crippen LogP contribution in [0.5, 0.6) is 0 Å². The number of benzene rings is 2. The van der Waals surface area contributed by atoms with Crippen LogP contribution in [-0.2, 0) is 24.8 Å². The zero-order chi connectivity index (χ0) is 24.3. The van der Waals surface area contributed by atoms with E-state index in [1.165, 1.54) is 0 Å². The minimum atomic E-state index is -2.46. The number of hydrogen-bond donors (Lipinski definition) is 0. The Bertz CT molecular complexity index is 801. The van der Waals surface area contributed by atoms with Crippen molar-refractivity contribution in [2.75, 3.05) is 0 Å². The first-order valence-electron chi connectivity index (χ1n) is 11.3. The van der Waals surface area contributed by atoms with E-state index in [-0.39, 0.29) is 23.7 Å². The van der Waals surface area contributed by atoms with Crippen molar-refractivity contribution in [3.8, 4) is 0 Å². The van der Waals surface area contributed by atoms with Gasteiger partial charge in [-0.15, -0.1) is 9.05 Å². The molecular weight excluding hydrogens is 462 g/mol. The molecule has 0 saturated heterocycles. The summed E-state index contributed by atoms with van der Waals surface area (Å²) in [5.74, 6) is 0.201. The summed E-state index contributed by atoms with van der Waals surface area (Å²) in [4.78, 5) is 0. The van der Waals surface area contributed by atoms with E-state index in [2.05, 4.69) is 55.4 Å². The third kappa shape index (κ3) is 5.40. The molecule has 6 heteroatoms. The molecule has 0 atom stereocenters. The van der Waals surface area contributed by atoms with Crippen LogP contribution in [0.1, 0.15) is 66.5 Å². The Morgan fingerprint density at radius 2 is 0.844 bits per heavy atom. The van der Waals surface area contributed by atoms with Crippen LogP contribution in [0.15, 0.2) is 48.5 Å². The van der Waals surface area contributed by atoms with Crippen molar-refractivity contribution in [1.29, 1.82) is 0 Å². The van der Waals surface area contributed by atoms with Crippen molar-refractivity contribution in [1.82, 2.24) is 0 Å². The Morgan fingerprint density at radius 1 is 0.594 bits per heavy atom. The van der Waals surface area contributed by atoms with E-state index in [0.29, 0.717) is 10.0 Å². The summed E-state index contributed by atoms with van der Waals surface area (Å²) in [7, 11) is -2.46. The summed E-state index contributed by atoms with van der Waals surface area (Å²) in [6, 6.07) is 15.2. The Morgan fingerprint density at radius 3 is 1.06 bits per heavy atom. The van der Waals surface area contributed by atoms with Gasteiger partial charge >= 0.3 is 8.25 Å². The zero-order valence-corrected chi connectivity index (χ0v) is 22.8. The van der Waals surface area contributed by atoms with Crippen LogP contribution in [-0.4, -0.2) is 0 Å². The van der Waals surface area contributed by atoms with Gasteiger partial charge in [0.15, 0.2) is 11.2 Å². The first-order valence-corrected chi connectivity index (χ1v) is 13.1. The molecule has 0 bridgehead atoms. The van der Waals surface area contributed by atoms with Gasteiger partial charge in [0.05, 0.1) is 0 Å². The van der Waals surface area contributed by atoms with E-state index in [1.807, 2.05) is 48.5 Å². The third-order valence-electron chi connectivity index (χ3n) is 6.47. The highest BCUT2D eigenvalue weighted by atomic mass is 35.5. The van der Waals surface area contributed by atoms with Gasteiger partial charge in [-0.1, -0.05) is 103 Å². The second kappa shape index (κ2) is 11.0. The van der Waals surface area contributed by atoms with Crippen molar-refractivity contribution in [3.05, 3.63) is 69.7 Å². The first kappa shape index (κ1) is 27.3. The highest BCUT2D eigenvalue weighted by molar-refractivity contribution is 7.33. The zero-order valence-electron chi connectivity index (χ0n) is 20.4. The van der Waals surface area contributed by atoms with E-state index in [9.17, 15) is 4.57 Å². The normalized spacial score (nSPS) is 12.9. The number of rotatable bonds is 10. The molecule has 0 unspecified atom stereocenters. The molecule has 2 aromatic rings. The molecule has 176 valence electrons. The largest absolute Gasteiger partial charge is 0.699 e. The molecule has 2 aromatic carbocycles. The van der Waals surface area contributed by atoms with Crippen LogP contribution < -0.4 is 0 Å². The molecule has 0 N–H and O–H groups in total. The fraction of sp³-hybridized carbons (Fsp3) is 0.538. The van der Waals surface area contributed by atoms with E-state index >= 15 is 0 Å². The molecule has 3 nitrogen and oxygen atoms in total. The van der Waals surface area contributed by atoms with Gasteiger partial charge < -0.3 is 0 Å². The van der Waals surface area contributed by atoms with Gasteiger partial charge in [-0.2, -0.15) is 0 Å². The summed E-state index contributed by atoms with van der Waals surface area (Å²) in [5.41, 5.74) is 0.283. The third-order valence-corrected chi connectivity index (χ3v) is 7.88. The van der Waals surface area contributed by atoms with Crippen molar-refractivity contribution in [2.24, 2.45) is 23.7 Å². The van der Waals surface area contributed by atoms with E-state index in [0.717, 1.165) is 11.1 Å².